The summed E-state index contributed by atoms with van der Waals surface area (Å²) in [5.41, 5.74) is 0.152. The summed E-state index contributed by atoms with van der Waals surface area (Å²) in [4.78, 5) is 12.7. The van der Waals surface area contributed by atoms with Crippen molar-refractivity contribution in [1.29, 1.82) is 0 Å². The predicted octanol–water partition coefficient (Wildman–Crippen LogP) is 4.06. The maximum Gasteiger partial charge on any atom is 0.416 e. The molecule has 0 spiro atoms. The van der Waals surface area contributed by atoms with Crippen LogP contribution in [-0.2, 0) is 27.4 Å². The van der Waals surface area contributed by atoms with Crippen LogP contribution in [0.15, 0.2) is 48.5 Å². The molecule has 0 aliphatic carbocycles. The summed E-state index contributed by atoms with van der Waals surface area (Å²) >= 11 is 0. The lowest BCUT2D eigenvalue weighted by atomic mass is 10.1. The molecule has 1 amide bonds. The molecule has 1 N–H and O–H groups in total. The van der Waals surface area contributed by atoms with E-state index in [1.165, 1.54) is 13.0 Å². The van der Waals surface area contributed by atoms with E-state index in [0.717, 1.165) is 24.0 Å². The number of benzene rings is 2. The molecule has 0 radical (unpaired) electrons. The maximum absolute atomic E-state index is 13.0. The van der Waals surface area contributed by atoms with Crippen molar-refractivity contribution in [2.24, 2.45) is 0 Å². The summed E-state index contributed by atoms with van der Waals surface area (Å²) in [5.74, 6) is -0.649. The molecule has 152 valence electrons. The van der Waals surface area contributed by atoms with Crippen molar-refractivity contribution in [3.05, 3.63) is 59.7 Å². The van der Waals surface area contributed by atoms with Crippen molar-refractivity contribution in [2.45, 2.75) is 32.5 Å². The third-order valence-electron chi connectivity index (χ3n) is 4.17. The van der Waals surface area contributed by atoms with E-state index in [1.54, 1.807) is 12.1 Å². The van der Waals surface area contributed by atoms with Crippen LogP contribution in [0.1, 0.15) is 25.0 Å². The van der Waals surface area contributed by atoms with Gasteiger partial charge in [-0.15, -0.1) is 0 Å². The van der Waals surface area contributed by atoms with E-state index in [2.05, 4.69) is 5.32 Å². The highest BCUT2D eigenvalue weighted by Crippen LogP contribution is 2.33. The van der Waals surface area contributed by atoms with Gasteiger partial charge in [-0.3, -0.25) is 9.10 Å². The van der Waals surface area contributed by atoms with Gasteiger partial charge in [0.15, 0.2) is 0 Å². The second kappa shape index (κ2) is 8.22. The molecule has 0 saturated heterocycles. The smallest absolute Gasteiger partial charge is 0.324 e. The van der Waals surface area contributed by atoms with Gasteiger partial charge in [0, 0.05) is 5.69 Å². The fourth-order valence-corrected chi connectivity index (χ4v) is 3.98. The molecule has 1 atom stereocenters. The number of amides is 1. The molecule has 2 aromatic rings. The van der Waals surface area contributed by atoms with Crippen LogP contribution < -0.4 is 9.62 Å². The first-order valence-electron chi connectivity index (χ1n) is 8.50. The van der Waals surface area contributed by atoms with Gasteiger partial charge < -0.3 is 5.32 Å². The fourth-order valence-electron chi connectivity index (χ4n) is 2.82. The van der Waals surface area contributed by atoms with E-state index in [4.69, 9.17) is 0 Å². The highest BCUT2D eigenvalue weighted by atomic mass is 32.2. The molecule has 0 aromatic heterocycles. The van der Waals surface area contributed by atoms with E-state index in [-0.39, 0.29) is 5.69 Å². The van der Waals surface area contributed by atoms with E-state index in [9.17, 15) is 26.4 Å². The zero-order valence-electron chi connectivity index (χ0n) is 15.6. The minimum absolute atomic E-state index is 0.233. The normalized spacial score (nSPS) is 13.1. The Morgan fingerprint density at radius 2 is 1.79 bits per heavy atom. The van der Waals surface area contributed by atoms with Gasteiger partial charge in [-0.1, -0.05) is 31.2 Å². The van der Waals surface area contributed by atoms with Crippen molar-refractivity contribution < 1.29 is 26.4 Å². The Balaban J connectivity index is 2.40. The molecule has 0 fully saturated rings. The Morgan fingerprint density at radius 3 is 2.36 bits per heavy atom. The lowest BCUT2D eigenvalue weighted by Crippen LogP contribution is -2.45. The minimum Gasteiger partial charge on any atom is -0.324 e. The molecule has 28 heavy (non-hydrogen) atoms. The number of anilines is 2. The van der Waals surface area contributed by atoms with Gasteiger partial charge in [0.1, 0.15) is 6.04 Å². The standard InChI is InChI=1S/C19H21F3N2O3S/c1-4-14-8-5-6-11-17(14)23-18(25)13(2)24(28(3,26)27)16-10-7-9-15(12-16)19(20,21)22/h5-13H,4H2,1-3H3,(H,23,25)/t13-/m1/s1. The van der Waals surface area contributed by atoms with E-state index in [0.29, 0.717) is 22.5 Å². The van der Waals surface area contributed by atoms with Crippen LogP contribution in [0.2, 0.25) is 0 Å². The second-order valence-corrected chi connectivity index (χ2v) is 8.14. The molecule has 2 aromatic carbocycles. The van der Waals surface area contributed by atoms with E-state index in [1.807, 2.05) is 19.1 Å². The molecular formula is C19H21F3N2O3S. The Bertz CT molecular complexity index is 959. The van der Waals surface area contributed by atoms with Gasteiger partial charge in [-0.25, -0.2) is 8.42 Å². The molecule has 5 nitrogen and oxygen atoms in total. The summed E-state index contributed by atoms with van der Waals surface area (Å²) in [5, 5.41) is 2.66. The zero-order valence-corrected chi connectivity index (χ0v) is 16.4. The monoisotopic (exact) mass is 414 g/mol. The van der Waals surface area contributed by atoms with Crippen LogP contribution in [-0.4, -0.2) is 26.6 Å². The van der Waals surface area contributed by atoms with Gasteiger partial charge in [0.2, 0.25) is 15.9 Å². The Labute approximate surface area is 162 Å². The number of sulfonamides is 1. The molecule has 9 heteroatoms. The first kappa shape index (κ1) is 21.7. The molecule has 2 rings (SSSR count). The fraction of sp³-hybridized carbons (Fsp3) is 0.316. The van der Waals surface area contributed by atoms with Crippen LogP contribution >= 0.6 is 0 Å². The molecule has 0 heterocycles. The lowest BCUT2D eigenvalue weighted by Gasteiger charge is -2.29. The first-order chi connectivity index (χ1) is 12.9. The minimum atomic E-state index is -4.63. The summed E-state index contributed by atoms with van der Waals surface area (Å²) < 4.78 is 64.3. The molecule has 0 unspecified atom stereocenters. The Morgan fingerprint density at radius 1 is 1.14 bits per heavy atom. The van der Waals surface area contributed by atoms with Crippen molar-refractivity contribution in [3.8, 4) is 0 Å². The van der Waals surface area contributed by atoms with E-state index >= 15 is 0 Å². The lowest BCUT2D eigenvalue weighted by molar-refractivity contribution is -0.137. The molecule has 0 bridgehead atoms. The number of hydrogen-bond acceptors (Lipinski definition) is 3. The molecule has 0 aliphatic heterocycles. The van der Waals surface area contributed by atoms with Crippen LogP contribution in [0.3, 0.4) is 0 Å². The second-order valence-electron chi connectivity index (χ2n) is 6.28. The highest BCUT2D eigenvalue weighted by Gasteiger charge is 2.34. The number of alkyl halides is 3. The number of rotatable bonds is 6. The van der Waals surface area contributed by atoms with Crippen molar-refractivity contribution in [3.63, 3.8) is 0 Å². The van der Waals surface area contributed by atoms with Crippen LogP contribution in [0, 0.1) is 0 Å². The van der Waals surface area contributed by atoms with Crippen molar-refractivity contribution >= 4 is 27.3 Å². The number of para-hydroxylation sites is 1. The predicted molar refractivity (Wildman–Crippen MR) is 103 cm³/mol. The largest absolute Gasteiger partial charge is 0.416 e. The van der Waals surface area contributed by atoms with Crippen LogP contribution in [0.25, 0.3) is 0 Å². The Hall–Kier alpha value is -2.55. The average Bonchev–Trinajstić information content (AvgIpc) is 2.60. The Kier molecular flexibility index (Phi) is 6.38. The van der Waals surface area contributed by atoms with Crippen molar-refractivity contribution in [2.75, 3.05) is 15.9 Å². The first-order valence-corrected chi connectivity index (χ1v) is 10.4. The summed E-state index contributed by atoms with van der Waals surface area (Å²) in [6, 6.07) is 9.65. The third kappa shape index (κ3) is 5.03. The van der Waals surface area contributed by atoms with Gasteiger partial charge >= 0.3 is 6.18 Å². The van der Waals surface area contributed by atoms with Crippen molar-refractivity contribution in [1.82, 2.24) is 0 Å². The quantitative estimate of drug-likeness (QED) is 0.775. The maximum atomic E-state index is 13.0. The van der Waals surface area contributed by atoms with Gasteiger partial charge in [0.25, 0.3) is 0 Å². The topological polar surface area (TPSA) is 66.5 Å². The third-order valence-corrected chi connectivity index (χ3v) is 5.41. The number of aryl methyl sites for hydroxylation is 1. The van der Waals surface area contributed by atoms with Gasteiger partial charge in [0.05, 0.1) is 17.5 Å². The molecule has 0 aliphatic rings. The summed E-state index contributed by atoms with van der Waals surface area (Å²) in [7, 11) is -4.03. The number of nitrogens with one attached hydrogen (secondary N) is 1. The van der Waals surface area contributed by atoms with Crippen LogP contribution in [0.4, 0.5) is 24.5 Å². The van der Waals surface area contributed by atoms with Gasteiger partial charge in [-0.2, -0.15) is 13.2 Å². The zero-order chi connectivity index (χ0) is 21.1. The summed E-state index contributed by atoms with van der Waals surface area (Å²) in [6.07, 6.45) is -3.14. The number of nitrogens with zero attached hydrogens (tertiary/aromatic N) is 1. The SMILES string of the molecule is CCc1ccccc1NC(=O)[C@@H](C)N(c1cccc(C(F)(F)F)c1)S(C)(=O)=O. The van der Waals surface area contributed by atoms with Crippen LogP contribution in [0.5, 0.6) is 0 Å². The summed E-state index contributed by atoms with van der Waals surface area (Å²) in [6.45, 7) is 3.23. The average molecular weight is 414 g/mol. The number of halogens is 3. The molecule has 0 saturated carbocycles. The number of carbonyl (C=O) groups excluding carboxylic acids is 1. The van der Waals surface area contributed by atoms with Gasteiger partial charge in [-0.05, 0) is 43.2 Å². The highest BCUT2D eigenvalue weighted by molar-refractivity contribution is 7.92. The number of carbonyl (C=O) groups is 1. The molecular weight excluding hydrogens is 393 g/mol. The van der Waals surface area contributed by atoms with E-state index < -0.39 is 33.7 Å². The number of hydrogen-bond donors (Lipinski definition) is 1.